The second kappa shape index (κ2) is 12.1. The molecule has 0 atom stereocenters. The first-order chi connectivity index (χ1) is 18.6. The van der Waals surface area contributed by atoms with Gasteiger partial charge < -0.3 is 30.1 Å². The molecule has 0 saturated carbocycles. The van der Waals surface area contributed by atoms with Crippen LogP contribution in [-0.4, -0.2) is 77.8 Å². The fourth-order valence-electron chi connectivity index (χ4n) is 4.90. The van der Waals surface area contributed by atoms with Crippen LogP contribution in [0.2, 0.25) is 0 Å². The summed E-state index contributed by atoms with van der Waals surface area (Å²) >= 11 is 0. The van der Waals surface area contributed by atoms with E-state index in [1.165, 1.54) is 0 Å². The summed E-state index contributed by atoms with van der Waals surface area (Å²) < 4.78 is 12.6. The number of aromatic nitrogens is 3. The first-order valence-electron chi connectivity index (χ1n) is 13.2. The minimum absolute atomic E-state index is 0.00105. The molecule has 4 aromatic rings. The molecule has 38 heavy (non-hydrogen) atoms. The van der Waals surface area contributed by atoms with Gasteiger partial charge in [0.25, 0.3) is 0 Å². The number of pyridine rings is 1. The predicted octanol–water partition coefficient (Wildman–Crippen LogP) is 3.82. The van der Waals surface area contributed by atoms with Crippen LogP contribution in [0.4, 0.5) is 10.5 Å². The lowest BCUT2D eigenvalue weighted by molar-refractivity contribution is 0.109. The first kappa shape index (κ1) is 25.7. The number of hydrogen-bond donors (Lipinski definition) is 3. The molecule has 0 bridgehead atoms. The highest BCUT2D eigenvalue weighted by Crippen LogP contribution is 2.30. The van der Waals surface area contributed by atoms with E-state index < -0.39 is 6.09 Å². The van der Waals surface area contributed by atoms with Crippen molar-refractivity contribution in [3.63, 3.8) is 0 Å². The maximum absolute atomic E-state index is 10.9. The molecule has 2 aromatic carbocycles. The van der Waals surface area contributed by atoms with Gasteiger partial charge in [-0.25, -0.2) is 14.8 Å². The molecule has 2 aliphatic heterocycles. The van der Waals surface area contributed by atoms with Crippen molar-refractivity contribution >= 4 is 33.7 Å². The molecule has 1 amide bonds. The number of imidazole rings is 1. The number of para-hydroxylation sites is 1. The lowest BCUT2D eigenvalue weighted by Crippen LogP contribution is -2.44. The molecule has 3 N–H and O–H groups in total. The number of rotatable bonds is 5. The Hall–Kier alpha value is -3.89. The minimum atomic E-state index is -0.958. The van der Waals surface area contributed by atoms with Crippen molar-refractivity contribution in [1.29, 1.82) is 0 Å². The fourth-order valence-corrected chi connectivity index (χ4v) is 4.90. The van der Waals surface area contributed by atoms with E-state index in [4.69, 9.17) is 19.6 Å². The molecule has 2 aliphatic rings. The topological polar surface area (TPSA) is 114 Å². The number of fused-ring (bicyclic) bond motifs is 2. The number of anilines is 1. The number of morpholine rings is 1. The van der Waals surface area contributed by atoms with Crippen LogP contribution in [-0.2, 0) is 4.74 Å². The number of ether oxygens (including phenoxy) is 2. The van der Waals surface area contributed by atoms with E-state index in [0.29, 0.717) is 6.61 Å². The third-order valence-corrected chi connectivity index (χ3v) is 6.77. The first-order valence-corrected chi connectivity index (χ1v) is 13.2. The van der Waals surface area contributed by atoms with Gasteiger partial charge in [-0.3, -0.25) is 4.57 Å². The summed E-state index contributed by atoms with van der Waals surface area (Å²) in [6.45, 7) is 7.98. The largest absolute Gasteiger partial charge is 0.494 e. The van der Waals surface area contributed by atoms with Crippen LogP contribution >= 0.6 is 0 Å². The average molecular weight is 519 g/mol. The maximum atomic E-state index is 10.9. The molecular weight excluding hydrogens is 484 g/mol. The summed E-state index contributed by atoms with van der Waals surface area (Å²) in [7, 11) is 0. The molecule has 0 spiro atoms. The number of piperidine rings is 1. The van der Waals surface area contributed by atoms with Crippen LogP contribution in [0.25, 0.3) is 27.8 Å². The molecule has 0 radical (unpaired) electrons. The normalized spacial score (nSPS) is 16.2. The Bertz CT molecular complexity index is 1370. The number of nitrogens with zero attached hydrogens (tertiary/aromatic N) is 4. The van der Waals surface area contributed by atoms with Gasteiger partial charge in [0, 0.05) is 43.7 Å². The average Bonchev–Trinajstić information content (AvgIpc) is 3.37. The molecule has 10 nitrogen and oxygen atoms in total. The zero-order chi connectivity index (χ0) is 26.3. The number of carbonyl (C=O) groups is 1. The number of hydrogen-bond acceptors (Lipinski definition) is 7. The summed E-state index contributed by atoms with van der Waals surface area (Å²) in [6, 6.07) is 16.2. The Labute approximate surface area is 221 Å². The summed E-state index contributed by atoms with van der Waals surface area (Å²) in [6.07, 6.45) is 2.38. The van der Waals surface area contributed by atoms with Gasteiger partial charge in [0.1, 0.15) is 17.9 Å². The predicted molar refractivity (Wildman–Crippen MR) is 148 cm³/mol. The van der Waals surface area contributed by atoms with E-state index in [-0.39, 0.29) is 6.04 Å². The van der Waals surface area contributed by atoms with Gasteiger partial charge >= 0.3 is 6.09 Å². The number of carboxylic acid groups (broad SMARTS) is 1. The van der Waals surface area contributed by atoms with Gasteiger partial charge in [-0.2, -0.15) is 0 Å². The quantitative estimate of drug-likeness (QED) is 0.366. The summed E-state index contributed by atoms with van der Waals surface area (Å²) in [5.41, 5.74) is 3.83. The van der Waals surface area contributed by atoms with Gasteiger partial charge in [0.15, 0.2) is 0 Å². The van der Waals surface area contributed by atoms with Crippen LogP contribution in [0.5, 0.6) is 5.75 Å². The van der Waals surface area contributed by atoms with E-state index >= 15 is 0 Å². The van der Waals surface area contributed by atoms with Crippen molar-refractivity contribution in [2.24, 2.45) is 0 Å². The highest BCUT2D eigenvalue weighted by atomic mass is 16.5. The monoisotopic (exact) mass is 518 g/mol. The van der Waals surface area contributed by atoms with E-state index in [1.54, 1.807) is 6.33 Å². The summed E-state index contributed by atoms with van der Waals surface area (Å²) in [5.74, 6) is 1.61. The van der Waals surface area contributed by atoms with Gasteiger partial charge in [0.2, 0.25) is 0 Å². The molecule has 2 saturated heterocycles. The van der Waals surface area contributed by atoms with Crippen molar-refractivity contribution in [2.45, 2.75) is 25.8 Å². The summed E-state index contributed by atoms with van der Waals surface area (Å²) in [4.78, 5) is 22.8. The third kappa shape index (κ3) is 5.98. The molecule has 200 valence electrons. The number of amides is 1. The Morgan fingerprint density at radius 1 is 1.16 bits per heavy atom. The second-order valence-corrected chi connectivity index (χ2v) is 9.29. The maximum Gasteiger partial charge on any atom is 0.404 e. The van der Waals surface area contributed by atoms with E-state index in [2.05, 4.69) is 38.7 Å². The van der Waals surface area contributed by atoms with Crippen molar-refractivity contribution in [3.8, 4) is 11.6 Å². The SMILES string of the molecule is C1COCCN1.CCOc1ccc2c(c1)ncn2-c1ccc2cccc(N3CCC(NC(=O)O)CC3)c2n1. The van der Waals surface area contributed by atoms with Gasteiger partial charge in [-0.1, -0.05) is 12.1 Å². The molecule has 2 aromatic heterocycles. The second-order valence-electron chi connectivity index (χ2n) is 9.29. The third-order valence-electron chi connectivity index (χ3n) is 6.77. The fraction of sp³-hybridized carbons (Fsp3) is 0.393. The van der Waals surface area contributed by atoms with Gasteiger partial charge in [0.05, 0.1) is 42.1 Å². The smallest absolute Gasteiger partial charge is 0.404 e. The molecule has 10 heteroatoms. The highest BCUT2D eigenvalue weighted by molar-refractivity contribution is 5.92. The Balaban J connectivity index is 0.000000433. The van der Waals surface area contributed by atoms with E-state index in [0.717, 1.165) is 91.4 Å². The lowest BCUT2D eigenvalue weighted by Gasteiger charge is -2.33. The van der Waals surface area contributed by atoms with Crippen molar-refractivity contribution in [2.75, 3.05) is 50.9 Å². The summed E-state index contributed by atoms with van der Waals surface area (Å²) in [5, 5.41) is 15.8. The van der Waals surface area contributed by atoms with Crippen molar-refractivity contribution in [1.82, 2.24) is 25.2 Å². The standard InChI is InChI=1S/C24H25N5O3.C4H9NO/c1-2-32-18-7-8-20-19(14-18)25-15-29(20)22-9-6-16-4-3-5-21(23(16)27-22)28-12-10-17(11-13-28)26-24(30)31;1-3-6-4-2-5-1/h3-9,14-15,17,26H,2,10-13H2,1H3,(H,30,31);5H,1-4H2. The molecule has 6 rings (SSSR count). The number of nitrogens with one attached hydrogen (secondary N) is 2. The zero-order valence-corrected chi connectivity index (χ0v) is 21.6. The lowest BCUT2D eigenvalue weighted by atomic mass is 10.0. The van der Waals surface area contributed by atoms with E-state index in [1.807, 2.05) is 41.8 Å². The van der Waals surface area contributed by atoms with Crippen molar-refractivity contribution < 1.29 is 19.4 Å². The molecule has 0 unspecified atom stereocenters. The Morgan fingerprint density at radius 3 is 2.66 bits per heavy atom. The Kier molecular flexibility index (Phi) is 8.20. The Morgan fingerprint density at radius 2 is 1.97 bits per heavy atom. The van der Waals surface area contributed by atoms with Gasteiger partial charge in [-0.05, 0) is 50.1 Å². The van der Waals surface area contributed by atoms with Crippen LogP contribution < -0.4 is 20.3 Å². The molecule has 0 aliphatic carbocycles. The zero-order valence-electron chi connectivity index (χ0n) is 21.6. The molecule has 4 heterocycles. The molecule has 2 fully saturated rings. The van der Waals surface area contributed by atoms with Gasteiger partial charge in [-0.15, -0.1) is 0 Å². The van der Waals surface area contributed by atoms with Crippen LogP contribution in [0.15, 0.2) is 54.9 Å². The van der Waals surface area contributed by atoms with Crippen molar-refractivity contribution in [3.05, 3.63) is 54.9 Å². The number of benzene rings is 2. The van der Waals surface area contributed by atoms with E-state index in [9.17, 15) is 4.79 Å². The highest BCUT2D eigenvalue weighted by Gasteiger charge is 2.22. The molecular formula is C28H34N6O4. The van der Waals surface area contributed by atoms with Crippen LogP contribution in [0.3, 0.4) is 0 Å². The van der Waals surface area contributed by atoms with Crippen LogP contribution in [0.1, 0.15) is 19.8 Å². The minimum Gasteiger partial charge on any atom is -0.494 e. The van der Waals surface area contributed by atoms with Crippen LogP contribution in [0, 0.1) is 0 Å².